The molecule has 0 aliphatic heterocycles. The lowest BCUT2D eigenvalue weighted by Crippen LogP contribution is -2.26. The van der Waals surface area contributed by atoms with Crippen LogP contribution < -0.4 is 4.74 Å². The molecule has 0 bridgehead atoms. The summed E-state index contributed by atoms with van der Waals surface area (Å²) in [7, 11) is 0. The second-order valence-corrected chi connectivity index (χ2v) is 7.14. The summed E-state index contributed by atoms with van der Waals surface area (Å²) >= 11 is 0. The van der Waals surface area contributed by atoms with E-state index in [2.05, 4.69) is 48.5 Å². The number of hydrogen-bond acceptors (Lipinski definition) is 3. The lowest BCUT2D eigenvalue weighted by Gasteiger charge is -2.18. The van der Waals surface area contributed by atoms with Crippen LogP contribution in [0.25, 0.3) is 0 Å². The van der Waals surface area contributed by atoms with Crippen molar-refractivity contribution in [2.45, 2.75) is 31.8 Å². The van der Waals surface area contributed by atoms with E-state index < -0.39 is 12.1 Å². The Morgan fingerprint density at radius 1 is 0.867 bits per heavy atom. The van der Waals surface area contributed by atoms with Crippen LogP contribution >= 0.6 is 0 Å². The van der Waals surface area contributed by atoms with Gasteiger partial charge >= 0.3 is 5.97 Å². The maximum atomic E-state index is 11.3. The minimum absolute atomic E-state index is 0.272. The fourth-order valence-corrected chi connectivity index (χ4v) is 3.55. The van der Waals surface area contributed by atoms with E-state index in [4.69, 9.17) is 9.47 Å². The molecule has 156 valence electrons. The smallest absolute Gasteiger partial charge is 0.333 e. The lowest BCUT2D eigenvalue weighted by molar-refractivity contribution is -0.149. The number of carboxylic acid groups (broad SMARTS) is 1. The van der Waals surface area contributed by atoms with Crippen molar-refractivity contribution in [3.05, 3.63) is 102 Å². The van der Waals surface area contributed by atoms with E-state index in [0.717, 1.165) is 17.7 Å². The van der Waals surface area contributed by atoms with Crippen LogP contribution in [0.5, 0.6) is 5.75 Å². The van der Waals surface area contributed by atoms with Crippen LogP contribution in [-0.4, -0.2) is 30.4 Å². The van der Waals surface area contributed by atoms with E-state index in [-0.39, 0.29) is 5.92 Å². The number of rotatable bonds is 11. The maximum Gasteiger partial charge on any atom is 0.333 e. The number of benzene rings is 3. The van der Waals surface area contributed by atoms with Gasteiger partial charge in [0.15, 0.2) is 6.10 Å². The molecule has 0 saturated heterocycles. The summed E-state index contributed by atoms with van der Waals surface area (Å²) in [6.07, 6.45) is 0.383. The van der Waals surface area contributed by atoms with Gasteiger partial charge in [0.2, 0.25) is 0 Å². The largest absolute Gasteiger partial charge is 0.494 e. The van der Waals surface area contributed by atoms with Gasteiger partial charge in [-0.25, -0.2) is 4.79 Å². The molecular formula is C26H28O4. The first kappa shape index (κ1) is 21.6. The zero-order valence-corrected chi connectivity index (χ0v) is 17.2. The third-order valence-corrected chi connectivity index (χ3v) is 5.07. The summed E-state index contributed by atoms with van der Waals surface area (Å²) in [5.41, 5.74) is 3.46. The predicted molar refractivity (Wildman–Crippen MR) is 118 cm³/mol. The second kappa shape index (κ2) is 11.2. The average molecular weight is 405 g/mol. The molecule has 3 rings (SSSR count). The Kier molecular flexibility index (Phi) is 8.04. The molecule has 30 heavy (non-hydrogen) atoms. The van der Waals surface area contributed by atoms with Gasteiger partial charge < -0.3 is 14.6 Å². The molecule has 0 spiro atoms. The number of carboxylic acids is 1. The summed E-state index contributed by atoms with van der Waals surface area (Å²) in [6, 6.07) is 28.5. The highest BCUT2D eigenvalue weighted by atomic mass is 16.5. The maximum absolute atomic E-state index is 11.3. The number of carbonyl (C=O) groups is 1. The van der Waals surface area contributed by atoms with Crippen molar-refractivity contribution in [2.75, 3.05) is 13.2 Å². The summed E-state index contributed by atoms with van der Waals surface area (Å²) in [5, 5.41) is 9.23. The number of aliphatic carboxylic acids is 1. The van der Waals surface area contributed by atoms with E-state index in [9.17, 15) is 9.90 Å². The Labute approximate surface area is 178 Å². The molecule has 0 aliphatic carbocycles. The number of ether oxygens (including phenoxy) is 2. The third kappa shape index (κ3) is 6.19. The molecule has 0 amide bonds. The van der Waals surface area contributed by atoms with Crippen molar-refractivity contribution in [1.82, 2.24) is 0 Å². The van der Waals surface area contributed by atoms with Crippen molar-refractivity contribution in [3.63, 3.8) is 0 Å². The zero-order chi connectivity index (χ0) is 21.2. The van der Waals surface area contributed by atoms with E-state index in [1.165, 1.54) is 11.1 Å². The first-order valence-corrected chi connectivity index (χ1v) is 10.3. The Morgan fingerprint density at radius 2 is 1.43 bits per heavy atom. The highest BCUT2D eigenvalue weighted by molar-refractivity contribution is 5.72. The molecule has 0 saturated carbocycles. The molecular weight excluding hydrogens is 376 g/mol. The molecule has 3 aromatic rings. The van der Waals surface area contributed by atoms with Gasteiger partial charge in [0.25, 0.3) is 0 Å². The normalized spacial score (nSPS) is 11.9. The van der Waals surface area contributed by atoms with Gasteiger partial charge in [-0.2, -0.15) is 0 Å². The van der Waals surface area contributed by atoms with E-state index in [0.29, 0.717) is 19.6 Å². The first-order chi connectivity index (χ1) is 14.7. The predicted octanol–water partition coefficient (Wildman–Crippen LogP) is 5.32. The van der Waals surface area contributed by atoms with Crippen molar-refractivity contribution in [1.29, 1.82) is 0 Å². The first-order valence-electron chi connectivity index (χ1n) is 10.3. The molecule has 0 aliphatic rings. The fraction of sp³-hybridized carbons (Fsp3) is 0.269. The minimum Gasteiger partial charge on any atom is -0.494 e. The number of hydrogen-bond donors (Lipinski definition) is 1. The summed E-state index contributed by atoms with van der Waals surface area (Å²) in [5.74, 6) is 0.112. The van der Waals surface area contributed by atoms with Gasteiger partial charge in [-0.3, -0.25) is 0 Å². The molecule has 0 heterocycles. The van der Waals surface area contributed by atoms with Crippen LogP contribution in [0, 0.1) is 0 Å². The highest BCUT2D eigenvalue weighted by Crippen LogP contribution is 2.28. The molecule has 4 nitrogen and oxygen atoms in total. The molecule has 0 aromatic heterocycles. The van der Waals surface area contributed by atoms with E-state index in [1.54, 1.807) is 6.92 Å². The SMILES string of the molecule is CCOC(Cc1ccc(OCCC(c2ccccc2)c2ccccc2)cc1)C(=O)O. The van der Waals surface area contributed by atoms with Gasteiger partial charge in [0.05, 0.1) is 6.61 Å². The van der Waals surface area contributed by atoms with Crippen LogP contribution in [0.3, 0.4) is 0 Å². The quantitative estimate of drug-likeness (QED) is 0.470. The molecule has 1 atom stereocenters. The van der Waals surface area contributed by atoms with Gasteiger partial charge in [-0.1, -0.05) is 72.8 Å². The third-order valence-electron chi connectivity index (χ3n) is 5.07. The second-order valence-electron chi connectivity index (χ2n) is 7.14. The summed E-state index contributed by atoms with van der Waals surface area (Å²) in [4.78, 5) is 11.3. The minimum atomic E-state index is -0.940. The van der Waals surface area contributed by atoms with Crippen LogP contribution in [0.1, 0.15) is 36.0 Å². The highest BCUT2D eigenvalue weighted by Gasteiger charge is 2.18. The molecule has 0 radical (unpaired) electrons. The van der Waals surface area contributed by atoms with Crippen molar-refractivity contribution < 1.29 is 19.4 Å². The van der Waals surface area contributed by atoms with Crippen molar-refractivity contribution in [2.24, 2.45) is 0 Å². The van der Waals surface area contributed by atoms with E-state index >= 15 is 0 Å². The average Bonchev–Trinajstić information content (AvgIpc) is 2.78. The van der Waals surface area contributed by atoms with Crippen molar-refractivity contribution in [3.8, 4) is 5.75 Å². The molecule has 1 unspecified atom stereocenters. The Balaban J connectivity index is 1.59. The molecule has 3 aromatic carbocycles. The van der Waals surface area contributed by atoms with Crippen LogP contribution in [0.2, 0.25) is 0 Å². The molecule has 4 heteroatoms. The monoisotopic (exact) mass is 404 g/mol. The van der Waals surface area contributed by atoms with Crippen molar-refractivity contribution >= 4 is 5.97 Å². The Bertz CT molecular complexity index is 852. The van der Waals surface area contributed by atoms with Gasteiger partial charge in [-0.05, 0) is 42.2 Å². The lowest BCUT2D eigenvalue weighted by atomic mass is 9.89. The standard InChI is InChI=1S/C26H28O4/c1-2-29-25(26(27)28)19-20-13-15-23(16-14-20)30-18-17-24(21-9-5-3-6-10-21)22-11-7-4-8-12-22/h3-16,24-25H,2,17-19H2,1H3,(H,27,28). The van der Waals surface area contributed by atoms with Gasteiger partial charge in [0, 0.05) is 18.9 Å². The Morgan fingerprint density at radius 3 is 1.93 bits per heavy atom. The van der Waals surface area contributed by atoms with Gasteiger partial charge in [-0.15, -0.1) is 0 Å². The molecule has 0 fully saturated rings. The van der Waals surface area contributed by atoms with Crippen LogP contribution in [-0.2, 0) is 16.0 Å². The summed E-state index contributed by atoms with van der Waals surface area (Å²) < 4.78 is 11.3. The topological polar surface area (TPSA) is 55.8 Å². The summed E-state index contributed by atoms with van der Waals surface area (Å²) in [6.45, 7) is 2.76. The molecule has 1 N–H and O–H groups in total. The zero-order valence-electron chi connectivity index (χ0n) is 17.2. The van der Waals surface area contributed by atoms with E-state index in [1.807, 2.05) is 36.4 Å². The fourth-order valence-electron chi connectivity index (χ4n) is 3.55. The van der Waals surface area contributed by atoms with Crippen LogP contribution in [0.4, 0.5) is 0 Å². The Hall–Kier alpha value is -3.11. The van der Waals surface area contributed by atoms with Gasteiger partial charge in [0.1, 0.15) is 5.75 Å². The van der Waals surface area contributed by atoms with Crippen LogP contribution in [0.15, 0.2) is 84.9 Å².